The van der Waals surface area contributed by atoms with E-state index in [4.69, 9.17) is 4.74 Å². The van der Waals surface area contributed by atoms with E-state index in [2.05, 4.69) is 6.92 Å². The van der Waals surface area contributed by atoms with Gasteiger partial charge in [-0.1, -0.05) is 127 Å². The number of aliphatic hydroxyl groups excluding tert-OH is 2. The first-order valence-corrected chi connectivity index (χ1v) is 16.6. The van der Waals surface area contributed by atoms with Crippen LogP contribution in [-0.2, 0) is 10.6 Å². The number of alkyl halides is 1. The number of nitrogens with zero attached hydrogens (tertiary/aromatic N) is 2. The second-order valence-electron chi connectivity index (χ2n) is 12.2. The van der Waals surface area contributed by atoms with Crippen LogP contribution in [0.15, 0.2) is 46.1 Å². The summed E-state index contributed by atoms with van der Waals surface area (Å²) in [5.41, 5.74) is -5.20. The summed E-state index contributed by atoms with van der Waals surface area (Å²) in [7, 11) is 0. The largest absolute Gasteiger partial charge is 0.394 e. The van der Waals surface area contributed by atoms with Crippen molar-refractivity contribution in [2.24, 2.45) is 0 Å². The summed E-state index contributed by atoms with van der Waals surface area (Å²) in [4.78, 5) is 27.4. The Kier molecular flexibility index (Phi) is 14.8. The van der Waals surface area contributed by atoms with E-state index in [1.807, 2.05) is 4.98 Å². The Morgan fingerprint density at radius 1 is 0.911 bits per heavy atom. The van der Waals surface area contributed by atoms with Gasteiger partial charge in [0.25, 0.3) is 5.56 Å². The van der Waals surface area contributed by atoms with E-state index in [0.29, 0.717) is 23.0 Å². The molecule has 0 radical (unpaired) electrons. The summed E-state index contributed by atoms with van der Waals surface area (Å²) in [6, 6.07) is 8.08. The maximum absolute atomic E-state index is 15.4. The third kappa shape index (κ3) is 9.09. The number of ether oxygens (including phenoxy) is 1. The lowest BCUT2D eigenvalue weighted by molar-refractivity contribution is -0.428. The Morgan fingerprint density at radius 2 is 1.42 bits per heavy atom. The molecule has 1 unspecified atom stereocenters. The Labute approximate surface area is 264 Å². The molecule has 1 saturated heterocycles. The smallest absolute Gasteiger partial charge is 0.332 e. The Bertz CT molecular complexity index is 1260. The van der Waals surface area contributed by atoms with Crippen molar-refractivity contribution in [3.05, 3.63) is 57.4 Å². The maximum Gasteiger partial charge on any atom is 0.332 e. The molecule has 6 N–H and O–H groups in total. The van der Waals surface area contributed by atoms with Gasteiger partial charge in [-0.2, -0.15) is 0 Å². The fourth-order valence-electron chi connectivity index (χ4n) is 6.01. The first-order chi connectivity index (χ1) is 21.6. The number of unbranched alkanes of at least 4 members (excludes halogenated alkanes) is 14. The summed E-state index contributed by atoms with van der Waals surface area (Å²) in [5, 5.41) is 54.2. The van der Waals surface area contributed by atoms with Crippen LogP contribution in [-0.4, -0.2) is 71.1 Å². The van der Waals surface area contributed by atoms with Gasteiger partial charge in [0.05, 0.1) is 12.2 Å². The van der Waals surface area contributed by atoms with Gasteiger partial charge in [0.15, 0.2) is 6.30 Å². The highest BCUT2D eigenvalue weighted by Gasteiger charge is 2.71. The predicted molar refractivity (Wildman–Crippen MR) is 168 cm³/mol. The third-order valence-electron chi connectivity index (χ3n) is 8.75. The van der Waals surface area contributed by atoms with Gasteiger partial charge in [0.2, 0.25) is 5.72 Å². The number of nitrogens with one attached hydrogen (secondary N) is 1. The van der Waals surface area contributed by atoms with E-state index in [1.54, 1.807) is 30.3 Å². The lowest BCUT2D eigenvalue weighted by atomic mass is 9.99. The number of aromatic nitrogens is 2. The summed E-state index contributed by atoms with van der Waals surface area (Å²) < 4.78 is 21.0. The molecule has 45 heavy (non-hydrogen) atoms. The number of hydrogen-bond acceptors (Lipinski definition) is 9. The number of rotatable bonds is 21. The van der Waals surface area contributed by atoms with Crippen LogP contribution < -0.4 is 11.2 Å². The molecule has 5 atom stereocenters. The van der Waals surface area contributed by atoms with Crippen molar-refractivity contribution < 1.29 is 34.8 Å². The first-order valence-electron chi connectivity index (χ1n) is 16.6. The molecule has 0 saturated carbocycles. The molecular weight excluding hydrogens is 585 g/mol. The zero-order valence-electron chi connectivity index (χ0n) is 26.5. The Morgan fingerprint density at radius 3 is 1.93 bits per heavy atom. The second-order valence-corrected chi connectivity index (χ2v) is 12.2. The van der Waals surface area contributed by atoms with E-state index < -0.39 is 48.0 Å². The molecule has 0 aliphatic carbocycles. The van der Waals surface area contributed by atoms with Crippen LogP contribution in [0.4, 0.5) is 4.39 Å². The van der Waals surface area contributed by atoms with Crippen LogP contribution in [0.1, 0.15) is 110 Å². The molecule has 0 bridgehead atoms. The zero-order chi connectivity index (χ0) is 32.9. The molecule has 1 aliphatic heterocycles. The van der Waals surface area contributed by atoms with Crippen molar-refractivity contribution in [1.82, 2.24) is 14.6 Å². The van der Waals surface area contributed by atoms with Crippen LogP contribution in [0.25, 0.3) is 11.1 Å². The number of halogens is 1. The molecule has 254 valence electrons. The van der Waals surface area contributed by atoms with Crippen LogP contribution in [0.2, 0.25) is 0 Å². The zero-order valence-corrected chi connectivity index (χ0v) is 26.5. The summed E-state index contributed by atoms with van der Waals surface area (Å²) in [6.45, 7) is 1.28. The predicted octanol–water partition coefficient (Wildman–Crippen LogP) is 4.50. The van der Waals surface area contributed by atoms with Crippen molar-refractivity contribution in [3.63, 3.8) is 0 Å². The Balaban J connectivity index is 1.55. The minimum atomic E-state index is -3.34. The summed E-state index contributed by atoms with van der Waals surface area (Å²) >= 11 is 0. The maximum atomic E-state index is 15.4. The summed E-state index contributed by atoms with van der Waals surface area (Å²) in [6.07, 6.45) is 11.2. The highest BCUT2D eigenvalue weighted by Crippen LogP contribution is 2.44. The highest BCUT2D eigenvalue weighted by molar-refractivity contribution is 5.61. The normalized spacial score (nSPS) is 24.0. The van der Waals surface area contributed by atoms with Crippen molar-refractivity contribution in [1.29, 1.82) is 0 Å². The molecule has 1 aromatic carbocycles. The molecule has 1 aromatic heterocycles. The standard InChI is InChI=1S/C33H52FN3O8/c1-2-3-4-5-6-7-8-9-10-11-12-13-14-15-19-22-28(34)37(44)32(42)29(39)27(24-38)45-33(32,43)36-23-26(30(40)35-31(36)41)25-20-17-16-18-21-25/h16-18,20-21,23,27-29,38-39,42-44H,2-15,19,22,24H2,1H3,(H,35,40,41)/t27-,28?,29-,32-,33-/m1/s1. The van der Waals surface area contributed by atoms with E-state index in [-0.39, 0.29) is 17.0 Å². The van der Waals surface area contributed by atoms with E-state index in [9.17, 15) is 35.2 Å². The summed E-state index contributed by atoms with van der Waals surface area (Å²) in [5.74, 6) is -3.31. The van der Waals surface area contributed by atoms with Crippen molar-refractivity contribution >= 4 is 0 Å². The molecular formula is C33H52FN3O8. The van der Waals surface area contributed by atoms with Gasteiger partial charge in [-0.05, 0) is 18.4 Å². The third-order valence-corrected chi connectivity index (χ3v) is 8.75. The minimum Gasteiger partial charge on any atom is -0.394 e. The second kappa shape index (κ2) is 18.0. The van der Waals surface area contributed by atoms with Crippen LogP contribution in [0.5, 0.6) is 0 Å². The van der Waals surface area contributed by atoms with Gasteiger partial charge >= 0.3 is 11.6 Å². The molecule has 3 rings (SSSR count). The monoisotopic (exact) mass is 637 g/mol. The van der Waals surface area contributed by atoms with Gasteiger partial charge < -0.3 is 30.4 Å². The lowest BCUT2D eigenvalue weighted by Gasteiger charge is -2.43. The van der Waals surface area contributed by atoms with Gasteiger partial charge in [-0.15, -0.1) is 5.06 Å². The molecule has 11 nitrogen and oxygen atoms in total. The Hall–Kier alpha value is -2.45. The quantitative estimate of drug-likeness (QED) is 0.0500. The fraction of sp³-hybridized carbons (Fsp3) is 0.697. The van der Waals surface area contributed by atoms with E-state index in [1.165, 1.54) is 57.8 Å². The van der Waals surface area contributed by atoms with Gasteiger partial charge in [-0.25, -0.2) is 13.8 Å². The lowest BCUT2D eigenvalue weighted by Crippen LogP contribution is -2.69. The fourth-order valence-corrected chi connectivity index (χ4v) is 6.01. The number of hydroxylamine groups is 2. The number of hydrogen-bond donors (Lipinski definition) is 6. The molecule has 0 spiro atoms. The molecule has 0 amide bonds. The van der Waals surface area contributed by atoms with Gasteiger partial charge in [-0.3, -0.25) is 9.78 Å². The van der Waals surface area contributed by atoms with Crippen molar-refractivity contribution in [3.8, 4) is 11.1 Å². The topological polar surface area (TPSA) is 168 Å². The average Bonchev–Trinajstić information content (AvgIpc) is 3.24. The molecule has 1 fully saturated rings. The van der Waals surface area contributed by atoms with Crippen LogP contribution in [0, 0.1) is 0 Å². The number of aromatic amines is 1. The van der Waals surface area contributed by atoms with Crippen molar-refractivity contribution in [2.75, 3.05) is 6.61 Å². The number of benzene rings is 1. The SMILES string of the molecule is CCCCCCCCCCCCCCCCCC(F)N(O)[C@@]1(O)[C@H](O)[C@@H](CO)O[C@@]1(O)n1cc(-c2ccccc2)c(=O)[nH]c1=O. The van der Waals surface area contributed by atoms with Gasteiger partial charge in [0, 0.05) is 6.20 Å². The minimum absolute atomic E-state index is 0.115. The van der Waals surface area contributed by atoms with Crippen molar-refractivity contribution in [2.45, 2.75) is 140 Å². The van der Waals surface area contributed by atoms with E-state index in [0.717, 1.165) is 31.9 Å². The molecule has 2 heterocycles. The van der Waals surface area contributed by atoms with Gasteiger partial charge in [0.1, 0.15) is 12.2 Å². The highest BCUT2D eigenvalue weighted by atomic mass is 19.1. The molecule has 2 aromatic rings. The van der Waals surface area contributed by atoms with E-state index >= 15 is 4.39 Å². The number of H-pyrrole nitrogens is 1. The average molecular weight is 638 g/mol. The first kappa shape index (κ1) is 37.0. The van der Waals surface area contributed by atoms with Crippen LogP contribution >= 0.6 is 0 Å². The molecule has 12 heteroatoms. The molecule has 1 aliphatic rings. The van der Waals surface area contributed by atoms with Crippen LogP contribution in [0.3, 0.4) is 0 Å². The number of aliphatic hydroxyl groups is 4.